The fraction of sp³-hybridized carbons (Fsp3) is 0.474. The number of hydrogen-bond acceptors (Lipinski definition) is 8. The van der Waals surface area contributed by atoms with Crippen LogP contribution in [0.2, 0.25) is 0 Å². The van der Waals surface area contributed by atoms with Crippen LogP contribution in [0.1, 0.15) is 18.4 Å². The molecular weight excluding hydrogens is 437 g/mol. The minimum atomic E-state index is -4.84. The number of fused-ring (bicyclic) bond motifs is 1. The van der Waals surface area contributed by atoms with Gasteiger partial charge in [0.15, 0.2) is 5.13 Å². The lowest BCUT2D eigenvalue weighted by Crippen LogP contribution is -2.41. The zero-order chi connectivity index (χ0) is 23.0. The van der Waals surface area contributed by atoms with E-state index in [4.69, 9.17) is 0 Å². The summed E-state index contributed by atoms with van der Waals surface area (Å²) in [5, 5.41) is 21.5. The van der Waals surface area contributed by atoms with Gasteiger partial charge in [-0.25, -0.2) is 0 Å². The van der Waals surface area contributed by atoms with Gasteiger partial charge in [0.2, 0.25) is 0 Å². The normalized spacial score (nSPS) is 16.6. The van der Waals surface area contributed by atoms with Crippen LogP contribution in [0.4, 0.5) is 24.0 Å². The molecule has 166 valence electrons. The number of nitrogens with zero attached hydrogens (tertiary/aromatic N) is 4. The molecule has 0 radical (unpaired) electrons. The van der Waals surface area contributed by atoms with Gasteiger partial charge in [-0.2, -0.15) is 18.2 Å². The van der Waals surface area contributed by atoms with Crippen molar-refractivity contribution in [3.8, 4) is 11.8 Å². The molecule has 2 aromatic rings. The highest BCUT2D eigenvalue weighted by Gasteiger charge is 2.34. The van der Waals surface area contributed by atoms with E-state index >= 15 is 0 Å². The van der Waals surface area contributed by atoms with Crippen molar-refractivity contribution in [2.75, 3.05) is 38.6 Å². The molecule has 2 heterocycles. The van der Waals surface area contributed by atoms with Gasteiger partial charge < -0.3 is 14.9 Å². The predicted molar refractivity (Wildman–Crippen MR) is 110 cm³/mol. The third kappa shape index (κ3) is 5.12. The fourth-order valence-corrected chi connectivity index (χ4v) is 4.13. The van der Waals surface area contributed by atoms with E-state index in [-0.39, 0.29) is 16.4 Å². The van der Waals surface area contributed by atoms with Crippen molar-refractivity contribution < 1.29 is 23.2 Å². The molecule has 0 spiro atoms. The number of halogens is 3. The summed E-state index contributed by atoms with van der Waals surface area (Å²) in [5.74, 6) is 5.66. The van der Waals surface area contributed by atoms with Gasteiger partial charge in [-0.15, -0.1) is 0 Å². The van der Waals surface area contributed by atoms with Crippen LogP contribution in [0.5, 0.6) is 0 Å². The molecular formula is C19H19F3N4O4S. The second-order valence-corrected chi connectivity index (χ2v) is 8.40. The number of alkyl halides is 3. The molecule has 1 saturated heterocycles. The number of nitro benzene ring substituents is 1. The van der Waals surface area contributed by atoms with Crippen molar-refractivity contribution in [1.29, 1.82) is 0 Å². The summed E-state index contributed by atoms with van der Waals surface area (Å²) in [6.45, 7) is 1.48. The molecule has 0 atom stereocenters. The van der Waals surface area contributed by atoms with Crippen molar-refractivity contribution in [3.05, 3.63) is 38.2 Å². The lowest BCUT2D eigenvalue weighted by molar-refractivity contribution is -0.383. The third-order valence-electron chi connectivity index (χ3n) is 4.99. The first-order valence-electron chi connectivity index (χ1n) is 9.22. The Kier molecular flexibility index (Phi) is 6.22. The van der Waals surface area contributed by atoms with E-state index < -0.39 is 38.9 Å². The summed E-state index contributed by atoms with van der Waals surface area (Å²) in [6, 6.07) is 0.991. The van der Waals surface area contributed by atoms with Crippen LogP contribution < -0.4 is 10.5 Å². The molecule has 0 bridgehead atoms. The average molecular weight is 456 g/mol. The van der Waals surface area contributed by atoms with E-state index in [1.807, 2.05) is 7.05 Å². The quantitative estimate of drug-likeness (QED) is 0.430. The lowest BCUT2D eigenvalue weighted by Gasteiger charge is -2.32. The largest absolute Gasteiger partial charge is 0.416 e. The Labute approximate surface area is 179 Å². The number of anilines is 1. The maximum Gasteiger partial charge on any atom is 0.416 e. The number of hydrogen-bond donors (Lipinski definition) is 1. The molecule has 0 saturated carbocycles. The molecule has 1 N–H and O–H groups in total. The second-order valence-electron chi connectivity index (χ2n) is 7.42. The molecule has 0 unspecified atom stereocenters. The topological polar surface area (TPSA) is 99.8 Å². The predicted octanol–water partition coefficient (Wildman–Crippen LogP) is 2.48. The smallest absolute Gasteiger partial charge is 0.378 e. The summed E-state index contributed by atoms with van der Waals surface area (Å²) < 4.78 is 39.0. The van der Waals surface area contributed by atoms with Crippen molar-refractivity contribution in [1.82, 2.24) is 9.88 Å². The van der Waals surface area contributed by atoms with Crippen LogP contribution in [0.3, 0.4) is 0 Å². The summed E-state index contributed by atoms with van der Waals surface area (Å²) >= 11 is 0.738. The molecule has 1 aromatic heterocycles. The first kappa shape index (κ1) is 22.9. The zero-order valence-electron chi connectivity index (χ0n) is 16.7. The monoisotopic (exact) mass is 456 g/mol. The number of rotatable bonds is 3. The molecule has 8 nitrogen and oxygen atoms in total. The van der Waals surface area contributed by atoms with Crippen LogP contribution in [0, 0.1) is 22.0 Å². The van der Waals surface area contributed by atoms with E-state index in [1.165, 1.54) is 4.90 Å². The summed E-state index contributed by atoms with van der Waals surface area (Å²) in [6.07, 6.45) is -3.85. The number of benzene rings is 1. The van der Waals surface area contributed by atoms with Gasteiger partial charge >= 0.3 is 6.18 Å². The highest BCUT2D eigenvalue weighted by Crippen LogP contribution is 2.38. The first-order valence-corrected chi connectivity index (χ1v) is 10.0. The molecule has 1 aliphatic rings. The minimum Gasteiger partial charge on any atom is -0.378 e. The highest BCUT2D eigenvalue weighted by molar-refractivity contribution is 7.22. The maximum absolute atomic E-state index is 13.1. The van der Waals surface area contributed by atoms with Gasteiger partial charge in [0.1, 0.15) is 10.3 Å². The Morgan fingerprint density at radius 1 is 1.39 bits per heavy atom. The molecule has 1 aromatic carbocycles. The zero-order valence-corrected chi connectivity index (χ0v) is 17.5. The second kappa shape index (κ2) is 8.41. The van der Waals surface area contributed by atoms with Gasteiger partial charge in [0.25, 0.3) is 11.2 Å². The van der Waals surface area contributed by atoms with E-state index in [2.05, 4.69) is 21.7 Å². The molecule has 0 aliphatic carbocycles. The Morgan fingerprint density at radius 3 is 2.61 bits per heavy atom. The lowest BCUT2D eigenvalue weighted by atomic mass is 9.92. The van der Waals surface area contributed by atoms with Crippen LogP contribution in [-0.2, 0) is 6.18 Å². The standard InChI is InChI=1S/C19H19F3N4O4S/c1-24-8-5-18(28,6-9-24)4-3-7-25(2)17-23-16(27)13-10-12(19(20,21)22)11-14(26(29)30)15(13)31-17/h10-11,28H,5-9H2,1-2H3. The van der Waals surface area contributed by atoms with E-state index in [0.717, 1.165) is 11.3 Å². The number of non-ortho nitro benzene ring substituents is 1. The average Bonchev–Trinajstić information content (AvgIpc) is 2.68. The molecule has 3 rings (SSSR count). The number of aliphatic hydroxyl groups is 1. The highest BCUT2D eigenvalue weighted by atomic mass is 32.1. The Hall–Kier alpha value is -2.75. The van der Waals surface area contributed by atoms with Gasteiger partial charge in [0.05, 0.1) is 22.4 Å². The maximum atomic E-state index is 13.1. The van der Waals surface area contributed by atoms with Crippen molar-refractivity contribution in [2.45, 2.75) is 24.6 Å². The van der Waals surface area contributed by atoms with Crippen LogP contribution in [0.15, 0.2) is 16.9 Å². The molecule has 12 heteroatoms. The van der Waals surface area contributed by atoms with Crippen LogP contribution in [0.25, 0.3) is 10.1 Å². The Bertz CT molecular complexity index is 1130. The van der Waals surface area contributed by atoms with E-state index in [1.54, 1.807) is 7.05 Å². The summed E-state index contributed by atoms with van der Waals surface area (Å²) in [5.41, 5.74) is -4.19. The van der Waals surface area contributed by atoms with Gasteiger partial charge in [0, 0.05) is 39.0 Å². The van der Waals surface area contributed by atoms with Crippen molar-refractivity contribution >= 4 is 32.2 Å². The van der Waals surface area contributed by atoms with Gasteiger partial charge in [-0.05, 0) is 13.1 Å². The Balaban J connectivity index is 1.93. The van der Waals surface area contributed by atoms with E-state index in [9.17, 15) is 33.2 Å². The van der Waals surface area contributed by atoms with Crippen LogP contribution in [-0.4, -0.2) is 59.2 Å². The molecule has 31 heavy (non-hydrogen) atoms. The third-order valence-corrected chi connectivity index (χ3v) is 6.21. The SMILES string of the molecule is CN1CCC(O)(C#CCN(C)c2nc(=O)c3cc(C(F)(F)F)cc([N+](=O)[O-])c3s2)CC1. The van der Waals surface area contributed by atoms with Crippen LogP contribution >= 0.6 is 11.3 Å². The van der Waals surface area contributed by atoms with Gasteiger partial charge in [-0.1, -0.05) is 23.2 Å². The number of nitro groups is 1. The Morgan fingerprint density at radius 2 is 2.03 bits per heavy atom. The number of likely N-dealkylation sites (tertiary alicyclic amines) is 1. The first-order chi connectivity index (χ1) is 14.4. The minimum absolute atomic E-state index is 0.0705. The number of piperidine rings is 1. The molecule has 1 fully saturated rings. The van der Waals surface area contributed by atoms with Crippen molar-refractivity contribution in [3.63, 3.8) is 0 Å². The fourth-order valence-electron chi connectivity index (χ4n) is 3.11. The van der Waals surface area contributed by atoms with E-state index in [0.29, 0.717) is 38.1 Å². The van der Waals surface area contributed by atoms with Crippen molar-refractivity contribution in [2.24, 2.45) is 0 Å². The molecule has 1 aliphatic heterocycles. The summed E-state index contributed by atoms with van der Waals surface area (Å²) in [7, 11) is 3.50. The van der Waals surface area contributed by atoms with Gasteiger partial charge in [-0.3, -0.25) is 14.9 Å². The molecule has 0 amide bonds. The number of aromatic nitrogens is 1. The summed E-state index contributed by atoms with van der Waals surface area (Å²) in [4.78, 5) is 30.1.